The van der Waals surface area contributed by atoms with Crippen LogP contribution < -0.4 is 10.0 Å². The van der Waals surface area contributed by atoms with E-state index in [2.05, 4.69) is 10.1 Å². The molecule has 0 aromatic heterocycles. The zero-order valence-corrected chi connectivity index (χ0v) is 10.7. The van der Waals surface area contributed by atoms with Crippen LogP contribution in [-0.2, 0) is 19.6 Å². The number of carboxylic acids is 1. The number of aliphatic carboxylic acids is 1. The molecule has 0 aliphatic heterocycles. The van der Waals surface area contributed by atoms with Crippen molar-refractivity contribution in [2.45, 2.75) is 4.90 Å². The Bertz CT molecular complexity index is 566. The predicted molar refractivity (Wildman–Crippen MR) is 65.3 cm³/mol. The van der Waals surface area contributed by atoms with Crippen LogP contribution in [0.15, 0.2) is 29.2 Å². The van der Waals surface area contributed by atoms with Crippen molar-refractivity contribution in [3.8, 4) is 0 Å². The van der Waals surface area contributed by atoms with Crippen LogP contribution in [0.25, 0.3) is 0 Å². The van der Waals surface area contributed by atoms with Gasteiger partial charge in [0, 0.05) is 5.69 Å². The van der Waals surface area contributed by atoms with Gasteiger partial charge in [0.25, 0.3) is 0 Å². The number of carboxylic acid groups (broad SMARTS) is 1. The van der Waals surface area contributed by atoms with Gasteiger partial charge in [-0.15, -0.1) is 0 Å². The second kappa shape index (κ2) is 6.16. The molecule has 0 atom stereocenters. The molecule has 0 aliphatic carbocycles. The lowest BCUT2D eigenvalue weighted by Crippen LogP contribution is -2.29. The van der Waals surface area contributed by atoms with Gasteiger partial charge in [-0.25, -0.2) is 13.2 Å². The molecule has 104 valence electrons. The third-order valence-electron chi connectivity index (χ3n) is 2.01. The van der Waals surface area contributed by atoms with Crippen molar-refractivity contribution < 1.29 is 27.9 Å². The van der Waals surface area contributed by atoms with E-state index in [1.165, 1.54) is 31.4 Å². The summed E-state index contributed by atoms with van der Waals surface area (Å²) in [6.07, 6.45) is -0.681. The maximum Gasteiger partial charge on any atom is 0.411 e. The van der Waals surface area contributed by atoms with Crippen LogP contribution in [0.4, 0.5) is 10.5 Å². The van der Waals surface area contributed by atoms with E-state index >= 15 is 0 Å². The van der Waals surface area contributed by atoms with Crippen LogP contribution in [-0.4, -0.2) is 39.2 Å². The molecule has 1 aromatic carbocycles. The summed E-state index contributed by atoms with van der Waals surface area (Å²) >= 11 is 0. The molecule has 1 rings (SSSR count). The number of benzene rings is 1. The number of sulfonamides is 1. The number of carbonyl (C=O) groups excluding carboxylic acids is 1. The van der Waals surface area contributed by atoms with Gasteiger partial charge in [-0.1, -0.05) is 0 Å². The van der Waals surface area contributed by atoms with E-state index in [0.29, 0.717) is 5.69 Å². The van der Waals surface area contributed by atoms with E-state index in [9.17, 15) is 18.0 Å². The Morgan fingerprint density at radius 1 is 1.26 bits per heavy atom. The Kier molecular flexibility index (Phi) is 4.84. The zero-order valence-electron chi connectivity index (χ0n) is 9.91. The van der Waals surface area contributed by atoms with Crippen LogP contribution in [0, 0.1) is 0 Å². The first-order valence-electron chi connectivity index (χ1n) is 5.01. The average molecular weight is 288 g/mol. The first-order valence-corrected chi connectivity index (χ1v) is 6.50. The van der Waals surface area contributed by atoms with E-state index in [0.717, 1.165) is 0 Å². The number of hydrogen-bond acceptors (Lipinski definition) is 5. The van der Waals surface area contributed by atoms with Gasteiger partial charge in [-0.05, 0) is 24.3 Å². The van der Waals surface area contributed by atoms with E-state index in [-0.39, 0.29) is 4.90 Å². The maximum absolute atomic E-state index is 11.6. The molecule has 0 saturated carbocycles. The fourth-order valence-corrected chi connectivity index (χ4v) is 2.10. The minimum atomic E-state index is -3.88. The first kappa shape index (κ1) is 14.9. The van der Waals surface area contributed by atoms with Crippen molar-refractivity contribution in [1.82, 2.24) is 4.72 Å². The normalized spacial score (nSPS) is 10.8. The summed E-state index contributed by atoms with van der Waals surface area (Å²) in [6.45, 7) is -0.704. The molecule has 0 heterocycles. The molecular weight excluding hydrogens is 276 g/mol. The molecule has 1 aromatic rings. The van der Waals surface area contributed by atoms with Gasteiger partial charge in [-0.3, -0.25) is 10.1 Å². The Hall–Kier alpha value is -2.13. The Labute approximate surface area is 109 Å². The van der Waals surface area contributed by atoms with Gasteiger partial charge in [0.1, 0.15) is 6.54 Å². The van der Waals surface area contributed by atoms with Crippen LogP contribution in [0.2, 0.25) is 0 Å². The number of anilines is 1. The molecular formula is C10H12N2O6S. The lowest BCUT2D eigenvalue weighted by Gasteiger charge is -2.06. The lowest BCUT2D eigenvalue weighted by atomic mass is 10.3. The summed E-state index contributed by atoms with van der Waals surface area (Å²) < 4.78 is 29.6. The number of hydrogen-bond donors (Lipinski definition) is 3. The van der Waals surface area contributed by atoms with E-state index in [4.69, 9.17) is 5.11 Å². The molecule has 19 heavy (non-hydrogen) atoms. The SMILES string of the molecule is COC(=O)Nc1ccc(S(=O)(=O)NCC(=O)O)cc1. The summed E-state index contributed by atoms with van der Waals surface area (Å²) in [5.41, 5.74) is 0.351. The number of nitrogens with one attached hydrogen (secondary N) is 2. The van der Waals surface area contributed by atoms with Crippen LogP contribution in [0.3, 0.4) is 0 Å². The number of ether oxygens (including phenoxy) is 1. The highest BCUT2D eigenvalue weighted by Gasteiger charge is 2.15. The number of amides is 1. The third kappa shape index (κ3) is 4.56. The zero-order chi connectivity index (χ0) is 14.5. The standard InChI is InChI=1S/C10H12N2O6S/c1-18-10(15)12-7-2-4-8(5-3-7)19(16,17)11-6-9(13)14/h2-5,11H,6H2,1H3,(H,12,15)(H,13,14). The van der Waals surface area contributed by atoms with Crippen molar-refractivity contribution in [1.29, 1.82) is 0 Å². The lowest BCUT2D eigenvalue weighted by molar-refractivity contribution is -0.135. The van der Waals surface area contributed by atoms with E-state index < -0.39 is 28.6 Å². The molecule has 0 unspecified atom stereocenters. The topological polar surface area (TPSA) is 122 Å². The molecule has 9 heteroatoms. The molecule has 0 aliphatic rings. The van der Waals surface area contributed by atoms with Crippen LogP contribution in [0.1, 0.15) is 0 Å². The average Bonchev–Trinajstić information content (AvgIpc) is 2.37. The quantitative estimate of drug-likeness (QED) is 0.713. The Balaban J connectivity index is 2.80. The van der Waals surface area contributed by atoms with Gasteiger partial charge in [0.05, 0.1) is 12.0 Å². The number of carbonyl (C=O) groups is 2. The van der Waals surface area contributed by atoms with Crippen LogP contribution in [0.5, 0.6) is 0 Å². The van der Waals surface area contributed by atoms with Gasteiger partial charge in [-0.2, -0.15) is 4.72 Å². The van der Waals surface area contributed by atoms with Crippen molar-refractivity contribution >= 4 is 27.8 Å². The number of methoxy groups -OCH3 is 1. The summed E-state index contributed by atoms with van der Waals surface area (Å²) in [5.74, 6) is -1.28. The Morgan fingerprint density at radius 3 is 2.32 bits per heavy atom. The summed E-state index contributed by atoms with van der Waals surface area (Å²) in [4.78, 5) is 21.1. The predicted octanol–water partition coefficient (Wildman–Crippen LogP) is 0.228. The molecule has 8 nitrogen and oxygen atoms in total. The highest BCUT2D eigenvalue weighted by molar-refractivity contribution is 7.89. The molecule has 0 spiro atoms. The van der Waals surface area contributed by atoms with Gasteiger partial charge >= 0.3 is 12.1 Å². The minimum Gasteiger partial charge on any atom is -0.480 e. The van der Waals surface area contributed by atoms with Gasteiger partial charge in [0.2, 0.25) is 10.0 Å². The van der Waals surface area contributed by atoms with Crippen LogP contribution >= 0.6 is 0 Å². The highest BCUT2D eigenvalue weighted by Crippen LogP contribution is 2.13. The first-order chi connectivity index (χ1) is 8.85. The molecule has 0 saturated heterocycles. The third-order valence-corrected chi connectivity index (χ3v) is 3.43. The maximum atomic E-state index is 11.6. The molecule has 0 fully saturated rings. The van der Waals surface area contributed by atoms with Gasteiger partial charge in [0.15, 0.2) is 0 Å². The minimum absolute atomic E-state index is 0.107. The second-order valence-corrected chi connectivity index (χ2v) is 5.13. The van der Waals surface area contributed by atoms with Gasteiger partial charge < -0.3 is 9.84 Å². The summed E-state index contributed by atoms with van der Waals surface area (Å²) in [6, 6.07) is 5.17. The van der Waals surface area contributed by atoms with Crippen molar-refractivity contribution in [2.75, 3.05) is 19.0 Å². The van der Waals surface area contributed by atoms with Crippen molar-refractivity contribution in [3.63, 3.8) is 0 Å². The highest BCUT2D eigenvalue weighted by atomic mass is 32.2. The fraction of sp³-hybridized carbons (Fsp3) is 0.200. The molecule has 0 radical (unpaired) electrons. The Morgan fingerprint density at radius 2 is 1.84 bits per heavy atom. The number of rotatable bonds is 5. The van der Waals surface area contributed by atoms with E-state index in [1.54, 1.807) is 0 Å². The van der Waals surface area contributed by atoms with Crippen molar-refractivity contribution in [3.05, 3.63) is 24.3 Å². The molecule has 3 N–H and O–H groups in total. The largest absolute Gasteiger partial charge is 0.480 e. The summed E-state index contributed by atoms with van der Waals surface area (Å²) in [5, 5.41) is 10.8. The molecule has 1 amide bonds. The van der Waals surface area contributed by atoms with E-state index in [1.807, 2.05) is 4.72 Å². The summed E-state index contributed by atoms with van der Waals surface area (Å²) in [7, 11) is -2.68. The fourth-order valence-electron chi connectivity index (χ4n) is 1.13. The second-order valence-electron chi connectivity index (χ2n) is 3.36. The smallest absolute Gasteiger partial charge is 0.411 e. The van der Waals surface area contributed by atoms with Crippen molar-refractivity contribution in [2.24, 2.45) is 0 Å². The monoisotopic (exact) mass is 288 g/mol. The molecule has 0 bridgehead atoms.